The van der Waals surface area contributed by atoms with Crippen molar-refractivity contribution in [2.75, 3.05) is 30.2 Å². The smallest absolute Gasteiger partial charge is 0.416 e. The summed E-state index contributed by atoms with van der Waals surface area (Å²) in [6, 6.07) is 3.70. The van der Waals surface area contributed by atoms with Crippen molar-refractivity contribution in [2.24, 2.45) is 0 Å². The number of aromatic nitrogens is 1. The quantitative estimate of drug-likeness (QED) is 0.748. The fraction of sp³-hybridized carbons (Fsp3) is 0.467. The Morgan fingerprint density at radius 1 is 1.35 bits per heavy atom. The zero-order valence-corrected chi connectivity index (χ0v) is 13.4. The molecule has 1 amide bonds. The number of pyridine rings is 1. The number of hydrogen-bond acceptors (Lipinski definition) is 3. The van der Waals surface area contributed by atoms with E-state index in [1.165, 1.54) is 0 Å². The third kappa shape index (κ3) is 3.67. The molecule has 0 atom stereocenters. The number of anilines is 1. The minimum absolute atomic E-state index is 0.347. The Hall–Kier alpha value is -1.67. The van der Waals surface area contributed by atoms with Crippen LogP contribution < -0.4 is 4.90 Å². The maximum atomic E-state index is 11.8. The van der Waals surface area contributed by atoms with Crippen molar-refractivity contribution in [3.63, 3.8) is 0 Å². The SMILES string of the molecule is CC1(C)CN(c2ccc(C#CS(C)(C)C)cn2)C(=O)O1. The summed E-state index contributed by atoms with van der Waals surface area (Å²) in [5.74, 6) is 3.73. The average molecular weight is 292 g/mol. The molecule has 1 aromatic rings. The van der Waals surface area contributed by atoms with Crippen LogP contribution in [0.5, 0.6) is 0 Å². The molecule has 0 spiro atoms. The first-order valence-corrected chi connectivity index (χ1v) is 9.20. The van der Waals surface area contributed by atoms with Gasteiger partial charge in [0.2, 0.25) is 0 Å². The van der Waals surface area contributed by atoms with Gasteiger partial charge in [-0.25, -0.2) is 9.78 Å². The van der Waals surface area contributed by atoms with E-state index in [1.807, 2.05) is 26.0 Å². The largest absolute Gasteiger partial charge is 0.441 e. The van der Waals surface area contributed by atoms with E-state index >= 15 is 0 Å². The van der Waals surface area contributed by atoms with E-state index in [0.717, 1.165) is 5.56 Å². The van der Waals surface area contributed by atoms with Gasteiger partial charge in [0, 0.05) is 11.8 Å². The Morgan fingerprint density at radius 3 is 2.50 bits per heavy atom. The number of rotatable bonds is 1. The predicted octanol–water partition coefficient (Wildman–Crippen LogP) is 2.82. The van der Waals surface area contributed by atoms with Crippen LogP contribution in [0.2, 0.25) is 0 Å². The molecule has 1 saturated heterocycles. The van der Waals surface area contributed by atoms with Gasteiger partial charge in [-0.2, -0.15) is 10.0 Å². The number of carbonyl (C=O) groups excluding carboxylic acids is 1. The summed E-state index contributed by atoms with van der Waals surface area (Å²) < 4.78 is 5.26. The first-order valence-electron chi connectivity index (χ1n) is 6.34. The molecule has 2 rings (SSSR count). The lowest BCUT2D eigenvalue weighted by atomic mass is 10.1. The van der Waals surface area contributed by atoms with Crippen LogP contribution in [0.15, 0.2) is 18.3 Å². The minimum Gasteiger partial charge on any atom is -0.441 e. The zero-order valence-electron chi connectivity index (χ0n) is 12.6. The first-order chi connectivity index (χ1) is 9.16. The second-order valence-electron chi connectivity index (χ2n) is 6.18. The molecule has 0 N–H and O–H groups in total. The number of carbonyl (C=O) groups is 1. The summed E-state index contributed by atoms with van der Waals surface area (Å²) in [5, 5.41) is 3.24. The van der Waals surface area contributed by atoms with Crippen LogP contribution in [0.25, 0.3) is 0 Å². The first kappa shape index (κ1) is 14.7. The topological polar surface area (TPSA) is 42.4 Å². The molecule has 1 aromatic heterocycles. The molecule has 5 heteroatoms. The molecule has 108 valence electrons. The van der Waals surface area contributed by atoms with Gasteiger partial charge in [0.25, 0.3) is 0 Å². The van der Waals surface area contributed by atoms with Crippen LogP contribution in [-0.2, 0) is 4.74 Å². The number of hydrogen-bond donors (Lipinski definition) is 0. The molecule has 0 unspecified atom stereocenters. The van der Waals surface area contributed by atoms with Crippen LogP contribution >= 0.6 is 10.0 Å². The van der Waals surface area contributed by atoms with Crippen LogP contribution in [0.3, 0.4) is 0 Å². The van der Waals surface area contributed by atoms with Crippen LogP contribution in [0.4, 0.5) is 10.6 Å². The Labute approximate surface area is 121 Å². The summed E-state index contributed by atoms with van der Waals surface area (Å²) in [4.78, 5) is 17.6. The minimum atomic E-state index is -0.846. The van der Waals surface area contributed by atoms with E-state index in [1.54, 1.807) is 11.1 Å². The fourth-order valence-corrected chi connectivity index (χ4v) is 2.20. The molecule has 2 heterocycles. The average Bonchev–Trinajstić information content (AvgIpc) is 2.60. The Balaban J connectivity index is 2.17. The fourth-order valence-electron chi connectivity index (χ4n) is 1.78. The van der Waals surface area contributed by atoms with E-state index in [-0.39, 0.29) is 6.09 Å². The molecule has 20 heavy (non-hydrogen) atoms. The summed E-state index contributed by atoms with van der Waals surface area (Å²) in [6.07, 6.45) is 7.78. The molecule has 1 aliphatic heterocycles. The van der Waals surface area contributed by atoms with Crippen molar-refractivity contribution in [1.82, 2.24) is 4.98 Å². The van der Waals surface area contributed by atoms with Gasteiger partial charge in [0.1, 0.15) is 11.4 Å². The second-order valence-corrected chi connectivity index (χ2v) is 10.1. The van der Waals surface area contributed by atoms with Gasteiger partial charge < -0.3 is 4.74 Å². The van der Waals surface area contributed by atoms with E-state index in [2.05, 4.69) is 34.9 Å². The van der Waals surface area contributed by atoms with E-state index < -0.39 is 15.6 Å². The van der Waals surface area contributed by atoms with E-state index in [4.69, 9.17) is 4.74 Å². The highest BCUT2D eigenvalue weighted by Gasteiger charge is 2.38. The van der Waals surface area contributed by atoms with Gasteiger partial charge in [0.15, 0.2) is 0 Å². The van der Waals surface area contributed by atoms with Crippen LogP contribution in [0, 0.1) is 11.2 Å². The van der Waals surface area contributed by atoms with Crippen molar-refractivity contribution in [3.8, 4) is 11.2 Å². The van der Waals surface area contributed by atoms with Gasteiger partial charge in [-0.1, -0.05) is 5.92 Å². The number of nitrogens with zero attached hydrogens (tertiary/aromatic N) is 2. The molecule has 0 bridgehead atoms. The van der Waals surface area contributed by atoms with Gasteiger partial charge in [-0.3, -0.25) is 4.90 Å². The van der Waals surface area contributed by atoms with Crippen molar-refractivity contribution in [3.05, 3.63) is 23.9 Å². The predicted molar refractivity (Wildman–Crippen MR) is 84.4 cm³/mol. The molecule has 0 aromatic carbocycles. The Kier molecular flexibility index (Phi) is 3.70. The molecule has 4 nitrogen and oxygen atoms in total. The molecule has 0 aliphatic carbocycles. The highest BCUT2D eigenvalue weighted by molar-refractivity contribution is 8.35. The summed E-state index contributed by atoms with van der Waals surface area (Å²) >= 11 is 0. The van der Waals surface area contributed by atoms with Gasteiger partial charge >= 0.3 is 6.09 Å². The zero-order chi connectivity index (χ0) is 15.0. The van der Waals surface area contributed by atoms with Crippen molar-refractivity contribution in [2.45, 2.75) is 19.4 Å². The van der Waals surface area contributed by atoms with Crippen LogP contribution in [0.1, 0.15) is 19.4 Å². The lowest BCUT2D eigenvalue weighted by Crippen LogP contribution is -2.28. The normalized spacial score (nSPS) is 18.2. The van der Waals surface area contributed by atoms with Crippen molar-refractivity contribution >= 4 is 21.9 Å². The molecule has 1 aliphatic rings. The molecule has 1 fully saturated rings. The highest BCUT2D eigenvalue weighted by Crippen LogP contribution is 2.32. The summed E-state index contributed by atoms with van der Waals surface area (Å²) in [7, 11) is -0.846. The maximum Gasteiger partial charge on any atom is 0.416 e. The number of cyclic esters (lactones) is 1. The Bertz CT molecular complexity index is 577. The second kappa shape index (κ2) is 5.02. The van der Waals surface area contributed by atoms with E-state index in [9.17, 15) is 4.79 Å². The summed E-state index contributed by atoms with van der Waals surface area (Å²) in [6.45, 7) is 4.28. The van der Waals surface area contributed by atoms with Gasteiger partial charge in [-0.15, -0.1) is 0 Å². The lowest BCUT2D eigenvalue weighted by molar-refractivity contribution is 0.0871. The maximum absolute atomic E-state index is 11.8. The third-order valence-electron chi connectivity index (χ3n) is 2.65. The molecular weight excluding hydrogens is 272 g/mol. The molecular formula is C15H20N2O2S. The Morgan fingerprint density at radius 2 is 2.05 bits per heavy atom. The van der Waals surface area contributed by atoms with Crippen molar-refractivity contribution in [1.29, 1.82) is 0 Å². The van der Waals surface area contributed by atoms with E-state index in [0.29, 0.717) is 12.4 Å². The van der Waals surface area contributed by atoms with Gasteiger partial charge in [0.05, 0.1) is 6.54 Å². The molecule has 0 saturated carbocycles. The number of ether oxygens (including phenoxy) is 1. The third-order valence-corrected chi connectivity index (χ3v) is 3.36. The summed E-state index contributed by atoms with van der Waals surface area (Å²) in [5.41, 5.74) is 0.398. The standard InChI is InChI=1S/C15H20N2O2S/c1-15(2)11-17(14(18)19-15)13-7-6-12(10-16-13)8-9-20(3,4)5/h6-7,10H,11H2,1-5H3. The van der Waals surface area contributed by atoms with Gasteiger partial charge in [-0.05, 0) is 50.0 Å². The van der Waals surface area contributed by atoms with Crippen LogP contribution in [-0.4, -0.2) is 42.0 Å². The monoisotopic (exact) mass is 292 g/mol. The lowest BCUT2D eigenvalue weighted by Gasteiger charge is -2.15. The van der Waals surface area contributed by atoms with Crippen molar-refractivity contribution < 1.29 is 9.53 Å². The highest BCUT2D eigenvalue weighted by atomic mass is 32.3. The number of amides is 1. The molecule has 0 radical (unpaired) electrons.